The summed E-state index contributed by atoms with van der Waals surface area (Å²) in [6, 6.07) is 1.07. The molecule has 0 amide bonds. The van der Waals surface area contributed by atoms with E-state index < -0.39 is 11.7 Å². The maximum Gasteiger partial charge on any atom is 0.417 e. The molecule has 1 aromatic heterocycles. The van der Waals surface area contributed by atoms with Crippen LogP contribution in [0.4, 0.5) is 19.0 Å². The summed E-state index contributed by atoms with van der Waals surface area (Å²) >= 11 is 5.81. The fourth-order valence-electron chi connectivity index (χ4n) is 1.85. The summed E-state index contributed by atoms with van der Waals surface area (Å²) in [6.45, 7) is 1.98. The largest absolute Gasteiger partial charge is 0.417 e. The second-order valence-corrected chi connectivity index (χ2v) is 5.18. The molecule has 2 nitrogen and oxygen atoms in total. The first-order valence-electron chi connectivity index (χ1n) is 5.85. The second kappa shape index (κ2) is 4.96. The Bertz CT molecular complexity index is 430. The Morgan fingerprint density at radius 3 is 2.67 bits per heavy atom. The number of rotatable bonds is 4. The number of halogens is 4. The van der Waals surface area contributed by atoms with Crippen molar-refractivity contribution < 1.29 is 13.2 Å². The monoisotopic (exact) mass is 278 g/mol. The third-order valence-corrected chi connectivity index (χ3v) is 3.22. The van der Waals surface area contributed by atoms with Crippen molar-refractivity contribution in [3.63, 3.8) is 0 Å². The Hall–Kier alpha value is -0.970. The fourth-order valence-corrected chi connectivity index (χ4v) is 2.07. The van der Waals surface area contributed by atoms with Crippen LogP contribution in [-0.4, -0.2) is 11.0 Å². The third kappa shape index (κ3) is 3.51. The Balaban J connectivity index is 2.04. The lowest BCUT2D eigenvalue weighted by molar-refractivity contribution is -0.137. The van der Waals surface area contributed by atoms with Gasteiger partial charge in [0.05, 0.1) is 10.6 Å². The molecule has 1 unspecified atom stereocenters. The van der Waals surface area contributed by atoms with Gasteiger partial charge in [-0.05, 0) is 25.3 Å². The van der Waals surface area contributed by atoms with E-state index in [4.69, 9.17) is 11.6 Å². The van der Waals surface area contributed by atoms with Crippen LogP contribution in [0.1, 0.15) is 31.7 Å². The Kier molecular flexibility index (Phi) is 3.71. The highest BCUT2D eigenvalue weighted by molar-refractivity contribution is 6.32. The molecule has 0 saturated heterocycles. The number of nitrogens with one attached hydrogen (secondary N) is 1. The molecule has 1 aliphatic carbocycles. The average Bonchev–Trinajstić information content (AvgIpc) is 3.03. The van der Waals surface area contributed by atoms with Crippen molar-refractivity contribution >= 4 is 17.4 Å². The van der Waals surface area contributed by atoms with E-state index >= 15 is 0 Å². The Morgan fingerprint density at radius 1 is 1.50 bits per heavy atom. The van der Waals surface area contributed by atoms with E-state index in [0.29, 0.717) is 5.82 Å². The van der Waals surface area contributed by atoms with Gasteiger partial charge in [0.1, 0.15) is 5.82 Å². The molecule has 0 bridgehead atoms. The molecule has 1 aromatic rings. The summed E-state index contributed by atoms with van der Waals surface area (Å²) in [6.07, 6.45) is -0.133. The quantitative estimate of drug-likeness (QED) is 0.885. The van der Waals surface area contributed by atoms with Crippen LogP contribution >= 0.6 is 11.6 Å². The molecule has 2 rings (SSSR count). The zero-order valence-corrected chi connectivity index (χ0v) is 10.6. The Morgan fingerprint density at radius 2 is 2.17 bits per heavy atom. The van der Waals surface area contributed by atoms with Crippen LogP contribution in [-0.2, 0) is 6.18 Å². The molecule has 1 heterocycles. The molecule has 0 aliphatic heterocycles. The highest BCUT2D eigenvalue weighted by Gasteiger charge is 2.31. The minimum absolute atomic E-state index is 0.00692. The molecule has 0 aromatic carbocycles. The van der Waals surface area contributed by atoms with Gasteiger partial charge in [-0.2, -0.15) is 13.2 Å². The van der Waals surface area contributed by atoms with Crippen molar-refractivity contribution in [1.82, 2.24) is 4.98 Å². The normalized spacial score (nSPS) is 17.6. The van der Waals surface area contributed by atoms with E-state index in [2.05, 4.69) is 10.3 Å². The van der Waals surface area contributed by atoms with E-state index in [1.807, 2.05) is 6.92 Å². The Labute approximate surface area is 109 Å². The summed E-state index contributed by atoms with van der Waals surface area (Å²) in [4.78, 5) is 3.75. The maximum absolute atomic E-state index is 12.4. The van der Waals surface area contributed by atoms with E-state index in [9.17, 15) is 13.2 Å². The van der Waals surface area contributed by atoms with Crippen LogP contribution in [0.2, 0.25) is 5.02 Å². The van der Waals surface area contributed by atoms with Gasteiger partial charge in [-0.15, -0.1) is 0 Å². The minimum Gasteiger partial charge on any atom is -0.366 e. The number of hydrogen-bond donors (Lipinski definition) is 1. The van der Waals surface area contributed by atoms with Crippen molar-refractivity contribution in [2.75, 3.05) is 5.32 Å². The molecule has 1 aliphatic rings. The summed E-state index contributed by atoms with van der Waals surface area (Å²) in [7, 11) is 0. The lowest BCUT2D eigenvalue weighted by Crippen LogP contribution is -2.17. The highest BCUT2D eigenvalue weighted by atomic mass is 35.5. The van der Waals surface area contributed by atoms with Gasteiger partial charge in [0, 0.05) is 12.2 Å². The van der Waals surface area contributed by atoms with Crippen LogP contribution in [0.25, 0.3) is 0 Å². The van der Waals surface area contributed by atoms with Gasteiger partial charge in [0.2, 0.25) is 0 Å². The fraction of sp³-hybridized carbons (Fsp3) is 0.583. The molecule has 1 saturated carbocycles. The summed E-state index contributed by atoms with van der Waals surface area (Å²) < 4.78 is 37.3. The maximum atomic E-state index is 12.4. The number of alkyl halides is 3. The van der Waals surface area contributed by atoms with E-state index in [0.717, 1.165) is 24.6 Å². The summed E-state index contributed by atoms with van der Waals surface area (Å²) in [5.41, 5.74) is -0.826. The smallest absolute Gasteiger partial charge is 0.366 e. The van der Waals surface area contributed by atoms with Crippen molar-refractivity contribution in [2.45, 2.75) is 38.4 Å². The predicted molar refractivity (Wildman–Crippen MR) is 64.7 cm³/mol. The molecule has 0 radical (unpaired) electrons. The zero-order chi connectivity index (χ0) is 13.3. The summed E-state index contributed by atoms with van der Waals surface area (Å²) in [5, 5.41) is 3.06. The zero-order valence-electron chi connectivity index (χ0n) is 9.89. The number of nitrogens with zero attached hydrogens (tertiary/aromatic N) is 1. The molecule has 100 valence electrons. The topological polar surface area (TPSA) is 24.9 Å². The predicted octanol–water partition coefficient (Wildman–Crippen LogP) is 4.35. The molecular weight excluding hydrogens is 265 g/mol. The molecule has 1 atom stereocenters. The molecule has 1 fully saturated rings. The van der Waals surface area contributed by atoms with Crippen molar-refractivity contribution in [1.29, 1.82) is 0 Å². The van der Waals surface area contributed by atoms with Crippen LogP contribution in [0.5, 0.6) is 0 Å². The lowest BCUT2D eigenvalue weighted by atomic mass is 10.1. The van der Waals surface area contributed by atoms with Crippen LogP contribution < -0.4 is 5.32 Å². The van der Waals surface area contributed by atoms with Crippen LogP contribution in [0.3, 0.4) is 0 Å². The number of hydrogen-bond acceptors (Lipinski definition) is 2. The van der Waals surface area contributed by atoms with Gasteiger partial charge in [-0.25, -0.2) is 4.98 Å². The minimum atomic E-state index is -4.41. The van der Waals surface area contributed by atoms with Gasteiger partial charge < -0.3 is 5.32 Å². The standard InChI is InChI=1S/C12H14ClF3N2/c1-7(4-8-2-3-8)18-11-10(13)5-9(6-17-11)12(14,15)16/h5-8H,2-4H2,1H3,(H,17,18). The molecule has 18 heavy (non-hydrogen) atoms. The number of aromatic nitrogens is 1. The van der Waals surface area contributed by atoms with Gasteiger partial charge in [0.15, 0.2) is 0 Å². The molecule has 0 spiro atoms. The first-order chi connectivity index (χ1) is 8.36. The molecule has 1 N–H and O–H groups in total. The van der Waals surface area contributed by atoms with Gasteiger partial charge in [0.25, 0.3) is 0 Å². The first kappa shape index (κ1) is 13.5. The molecular formula is C12H14ClF3N2. The van der Waals surface area contributed by atoms with Crippen LogP contribution in [0, 0.1) is 5.92 Å². The lowest BCUT2D eigenvalue weighted by Gasteiger charge is -2.16. The number of anilines is 1. The molecule has 6 heteroatoms. The second-order valence-electron chi connectivity index (χ2n) is 4.78. The van der Waals surface area contributed by atoms with E-state index in [1.165, 1.54) is 12.8 Å². The summed E-state index contributed by atoms with van der Waals surface area (Å²) in [5.74, 6) is 1.05. The SMILES string of the molecule is CC(CC1CC1)Nc1ncc(C(F)(F)F)cc1Cl. The number of pyridine rings is 1. The van der Waals surface area contributed by atoms with Crippen molar-refractivity contribution in [3.05, 3.63) is 22.8 Å². The van der Waals surface area contributed by atoms with Crippen molar-refractivity contribution in [2.24, 2.45) is 5.92 Å². The van der Waals surface area contributed by atoms with E-state index in [1.54, 1.807) is 0 Å². The average molecular weight is 279 g/mol. The van der Waals surface area contributed by atoms with Gasteiger partial charge in [-0.1, -0.05) is 24.4 Å². The van der Waals surface area contributed by atoms with Gasteiger partial charge >= 0.3 is 6.18 Å². The van der Waals surface area contributed by atoms with Crippen molar-refractivity contribution in [3.8, 4) is 0 Å². The van der Waals surface area contributed by atoms with E-state index in [-0.39, 0.29) is 11.1 Å². The van der Waals surface area contributed by atoms with Gasteiger partial charge in [-0.3, -0.25) is 0 Å². The highest BCUT2D eigenvalue weighted by Crippen LogP contribution is 2.35. The van der Waals surface area contributed by atoms with Crippen LogP contribution in [0.15, 0.2) is 12.3 Å². The first-order valence-corrected chi connectivity index (χ1v) is 6.23. The third-order valence-electron chi connectivity index (χ3n) is 2.94.